The summed E-state index contributed by atoms with van der Waals surface area (Å²) in [5.74, 6) is 5.38. The quantitative estimate of drug-likeness (QED) is 0.332. The van der Waals surface area contributed by atoms with Crippen LogP contribution in [0.4, 0.5) is 0 Å². The maximum atomic E-state index is 5.38. The molecule has 0 bridgehead atoms. The van der Waals surface area contributed by atoms with Crippen LogP contribution in [0.1, 0.15) is 6.92 Å². The summed E-state index contributed by atoms with van der Waals surface area (Å²) in [6.45, 7) is 1.95. The van der Waals surface area contributed by atoms with E-state index < -0.39 is 0 Å². The fraction of sp³-hybridized carbons (Fsp3) is 1.00. The van der Waals surface area contributed by atoms with Gasteiger partial charge in [-0.05, 0) is 5.22 Å². The molecule has 6 heteroatoms. The Balaban J connectivity index is 0.000000640. The van der Waals surface area contributed by atoms with Gasteiger partial charge in [-0.2, -0.15) is 5.84 Å². The number of nitrogens with two attached hydrogens (primary N) is 1. The Morgan fingerprint density at radius 1 is 1.67 bits per heavy atom. The Labute approximate surface area is 70.8 Å². The molecule has 0 saturated carbocycles. The van der Waals surface area contributed by atoms with E-state index in [9.17, 15) is 0 Å². The predicted octanol–water partition coefficient (Wildman–Crippen LogP) is -4.68. The molecule has 2 unspecified atom stereocenters. The van der Waals surface area contributed by atoms with Crippen LogP contribution in [-0.2, 0) is 0 Å². The molecular weight excluding hydrogens is 233 g/mol. The zero-order chi connectivity index (χ0) is 6.15. The minimum atomic E-state index is 0. The summed E-state index contributed by atoms with van der Waals surface area (Å²) in [7, 11) is 1.84. The van der Waals surface area contributed by atoms with Crippen molar-refractivity contribution in [2.75, 3.05) is 7.05 Å². The van der Waals surface area contributed by atoms with Crippen LogP contribution >= 0.6 is 0 Å². The van der Waals surface area contributed by atoms with Crippen LogP contribution in [0.5, 0.6) is 0 Å². The Kier molecular flexibility index (Phi) is 3.30. The zero-order valence-electron chi connectivity index (χ0n) is 5.37. The highest BCUT2D eigenvalue weighted by Crippen LogP contribution is 1.91. The van der Waals surface area contributed by atoms with Gasteiger partial charge in [-0.25, -0.2) is 5.01 Å². The van der Waals surface area contributed by atoms with Crippen LogP contribution < -0.4 is 34.9 Å². The first-order valence-corrected chi connectivity index (χ1v) is 2.48. The number of hydrogen-bond donors (Lipinski definition) is 2. The molecule has 1 aliphatic rings. The van der Waals surface area contributed by atoms with E-state index in [2.05, 4.69) is 10.4 Å². The van der Waals surface area contributed by atoms with Gasteiger partial charge in [-0.3, -0.25) is 0 Å². The fourth-order valence-corrected chi connectivity index (χ4v) is 0.475. The topological polar surface area (TPSA) is 58.4 Å². The van der Waals surface area contributed by atoms with Gasteiger partial charge in [0.05, 0.1) is 5.22 Å². The minimum Gasteiger partial charge on any atom is -1.00 e. The van der Waals surface area contributed by atoms with Crippen LogP contribution in [0.2, 0.25) is 0 Å². The summed E-state index contributed by atoms with van der Waals surface area (Å²) in [4.78, 5) is 0. The molecule has 3 N–H and O–H groups in total. The molecule has 2 atom stereocenters. The normalized spacial score (nSPS) is 32.6. The summed E-state index contributed by atoms with van der Waals surface area (Å²) in [6.07, 6.45) is 0.176. The van der Waals surface area contributed by atoms with Crippen LogP contribution in [0.3, 0.4) is 0 Å². The van der Waals surface area contributed by atoms with E-state index >= 15 is 0 Å². The maximum Gasteiger partial charge on any atom is 0.220 e. The van der Waals surface area contributed by atoms with E-state index in [0.717, 1.165) is 0 Å². The van der Waals surface area contributed by atoms with E-state index in [1.165, 1.54) is 0 Å². The Morgan fingerprint density at radius 3 is 2.33 bits per heavy atom. The Morgan fingerprint density at radius 2 is 2.22 bits per heavy atom. The molecule has 9 heavy (non-hydrogen) atoms. The molecule has 0 amide bonds. The molecule has 0 saturated heterocycles. The first kappa shape index (κ1) is 9.05. The van der Waals surface area contributed by atoms with Gasteiger partial charge >= 0.3 is 0 Å². The molecule has 0 aliphatic carbocycles. The number of hydrogen-bond acceptors (Lipinski definition) is 4. The Bertz CT molecular complexity index is 103. The van der Waals surface area contributed by atoms with Crippen LogP contribution in [0.15, 0.2) is 10.4 Å². The van der Waals surface area contributed by atoms with Gasteiger partial charge in [-0.15, -0.1) is 0 Å². The third-order valence-corrected chi connectivity index (χ3v) is 1.29. The molecule has 0 aromatic heterocycles. The van der Waals surface area contributed by atoms with Gasteiger partial charge < -0.3 is 24.0 Å². The minimum absolute atomic E-state index is 0. The Hall–Kier alpha value is 0.0500. The molecular formula is C3H10IN5. The van der Waals surface area contributed by atoms with Gasteiger partial charge in [0, 0.05) is 14.0 Å². The summed E-state index contributed by atoms with van der Waals surface area (Å²) < 4.78 is 0. The van der Waals surface area contributed by atoms with Crippen molar-refractivity contribution < 1.29 is 29.1 Å². The standard InChI is InChI=1S/C3H9N5.HI/c1-3-7(2)5-6-8(3)4;/h3H,4H2,1-2H3;1H. The highest BCUT2D eigenvalue weighted by Gasteiger charge is 2.23. The van der Waals surface area contributed by atoms with E-state index in [4.69, 9.17) is 5.84 Å². The number of nitrogens with one attached hydrogen (secondary N) is 1. The van der Waals surface area contributed by atoms with Crippen molar-refractivity contribution in [3.63, 3.8) is 0 Å². The van der Waals surface area contributed by atoms with E-state index in [-0.39, 0.29) is 30.1 Å². The third kappa shape index (κ3) is 1.73. The molecule has 5 nitrogen and oxygen atoms in total. The summed E-state index contributed by atoms with van der Waals surface area (Å²) in [5, 5.41) is 9.65. The molecule has 0 radical (unpaired) electrons. The van der Waals surface area contributed by atoms with Crippen molar-refractivity contribution in [1.82, 2.24) is 5.01 Å². The van der Waals surface area contributed by atoms with Crippen LogP contribution in [0.25, 0.3) is 0 Å². The fourth-order valence-electron chi connectivity index (χ4n) is 0.475. The SMILES string of the molecule is CC1N(C)N=N[NH+]1N.[I-]. The lowest BCUT2D eigenvalue weighted by Crippen LogP contribution is -3.16. The average molecular weight is 243 g/mol. The highest BCUT2D eigenvalue weighted by molar-refractivity contribution is 4.40. The lowest BCUT2D eigenvalue weighted by molar-refractivity contribution is -0.944. The molecule has 0 fully saturated rings. The second-order valence-electron chi connectivity index (χ2n) is 1.86. The smallest absolute Gasteiger partial charge is 0.220 e. The van der Waals surface area contributed by atoms with Gasteiger partial charge in [0.2, 0.25) is 6.17 Å². The van der Waals surface area contributed by atoms with Crippen molar-refractivity contribution >= 4 is 0 Å². The lowest BCUT2D eigenvalue weighted by atomic mass is 10.6. The summed E-state index contributed by atoms with van der Waals surface area (Å²) in [5.41, 5.74) is 0. The zero-order valence-corrected chi connectivity index (χ0v) is 7.53. The molecule has 0 aromatic carbocycles. The monoisotopic (exact) mass is 243 g/mol. The molecule has 1 rings (SSSR count). The van der Waals surface area contributed by atoms with Crippen molar-refractivity contribution in [3.05, 3.63) is 0 Å². The van der Waals surface area contributed by atoms with Gasteiger partial charge in [0.25, 0.3) is 0 Å². The predicted molar refractivity (Wildman–Crippen MR) is 27.2 cm³/mol. The first-order valence-electron chi connectivity index (χ1n) is 2.48. The number of nitrogens with zero attached hydrogens (tertiary/aromatic N) is 3. The van der Waals surface area contributed by atoms with Crippen molar-refractivity contribution in [3.8, 4) is 0 Å². The number of halogens is 1. The van der Waals surface area contributed by atoms with E-state index in [1.54, 1.807) is 5.01 Å². The van der Waals surface area contributed by atoms with Gasteiger partial charge in [-0.1, -0.05) is 5.12 Å². The molecule has 1 heterocycles. The van der Waals surface area contributed by atoms with Crippen LogP contribution in [0, 0.1) is 0 Å². The summed E-state index contributed by atoms with van der Waals surface area (Å²) >= 11 is 0. The number of rotatable bonds is 0. The first-order chi connectivity index (χ1) is 3.72. The van der Waals surface area contributed by atoms with Gasteiger partial charge in [0.15, 0.2) is 0 Å². The largest absolute Gasteiger partial charge is 1.00 e. The van der Waals surface area contributed by atoms with Crippen molar-refractivity contribution in [1.29, 1.82) is 0 Å². The third-order valence-electron chi connectivity index (χ3n) is 1.29. The molecule has 0 aromatic rings. The summed E-state index contributed by atoms with van der Waals surface area (Å²) in [6, 6.07) is 0. The second kappa shape index (κ2) is 3.28. The van der Waals surface area contributed by atoms with E-state index in [1.807, 2.05) is 14.0 Å². The van der Waals surface area contributed by atoms with E-state index in [0.29, 0.717) is 5.12 Å². The molecule has 1 aliphatic heterocycles. The average Bonchev–Trinajstić information content (AvgIpc) is 1.98. The van der Waals surface area contributed by atoms with Crippen LogP contribution in [-0.4, -0.2) is 18.2 Å². The molecule has 54 valence electrons. The second-order valence-corrected chi connectivity index (χ2v) is 1.86. The van der Waals surface area contributed by atoms with Crippen molar-refractivity contribution in [2.24, 2.45) is 16.3 Å². The molecule has 0 spiro atoms. The lowest BCUT2D eigenvalue weighted by Gasteiger charge is -2.09. The number of quaternary nitrogens is 1. The maximum absolute atomic E-state index is 5.38. The van der Waals surface area contributed by atoms with Gasteiger partial charge in [0.1, 0.15) is 0 Å². The van der Waals surface area contributed by atoms with Crippen molar-refractivity contribution in [2.45, 2.75) is 13.1 Å². The highest BCUT2D eigenvalue weighted by atomic mass is 127.